The molecule has 0 bridgehead atoms. The summed E-state index contributed by atoms with van der Waals surface area (Å²) in [6, 6.07) is 15.9. The van der Waals surface area contributed by atoms with E-state index in [0.717, 1.165) is 18.1 Å². The van der Waals surface area contributed by atoms with E-state index in [1.807, 2.05) is 0 Å². The van der Waals surface area contributed by atoms with Crippen LogP contribution in [0, 0.1) is 0 Å². The molecule has 0 aromatic heterocycles. The molecule has 0 heterocycles. The molecular weight excluding hydrogens is 542 g/mol. The van der Waals surface area contributed by atoms with Crippen LogP contribution in [0.25, 0.3) is 0 Å². The number of aromatic hydroxyl groups is 1. The molecule has 2 atom stereocenters. The van der Waals surface area contributed by atoms with Crippen molar-refractivity contribution < 1.29 is 40.6 Å². The van der Waals surface area contributed by atoms with Crippen LogP contribution in [-0.4, -0.2) is 52.7 Å². The molecule has 0 aliphatic heterocycles. The smallest absolute Gasteiger partial charge is 0.387 e. The molecule has 0 spiro atoms. The minimum Gasteiger partial charge on any atom is -0.506 e. The normalized spacial score (nSPS) is 13.7. The summed E-state index contributed by atoms with van der Waals surface area (Å²) in [7, 11) is -7.03. The standard InChI is InChI=1S/C25H28F2N2O7S2/c1-37(32,33)20-10-3-16(4-11-20)13-21(17-5-8-19(9-6-17)36-25(26)27)28-15-24(31)18-7-12-23(30)22(14-18)29-38(2,34)35/h3-12,14,21,24-25,28-31H,13,15H2,1-2H3/t21?,24-/m0/s1. The van der Waals surface area contributed by atoms with Gasteiger partial charge in [-0.2, -0.15) is 8.78 Å². The van der Waals surface area contributed by atoms with Gasteiger partial charge in [-0.1, -0.05) is 30.3 Å². The van der Waals surface area contributed by atoms with Crippen LogP contribution in [0.1, 0.15) is 28.8 Å². The Morgan fingerprint density at radius 3 is 2.05 bits per heavy atom. The number of hydrogen-bond acceptors (Lipinski definition) is 8. The Morgan fingerprint density at radius 1 is 0.895 bits per heavy atom. The fourth-order valence-electron chi connectivity index (χ4n) is 3.71. The number of sulfonamides is 1. The van der Waals surface area contributed by atoms with Gasteiger partial charge in [0, 0.05) is 18.8 Å². The van der Waals surface area contributed by atoms with Gasteiger partial charge in [0.05, 0.1) is 22.9 Å². The zero-order chi connectivity index (χ0) is 28.1. The number of benzene rings is 3. The molecule has 0 radical (unpaired) electrons. The number of ether oxygens (including phenoxy) is 1. The molecule has 0 aliphatic rings. The van der Waals surface area contributed by atoms with Crippen LogP contribution in [0.2, 0.25) is 0 Å². The van der Waals surface area contributed by atoms with E-state index in [0.29, 0.717) is 17.5 Å². The molecule has 0 saturated heterocycles. The third-order valence-corrected chi connectivity index (χ3v) is 7.28. The summed E-state index contributed by atoms with van der Waals surface area (Å²) in [6.45, 7) is -2.96. The average molecular weight is 571 g/mol. The van der Waals surface area contributed by atoms with E-state index in [2.05, 4.69) is 14.8 Å². The summed E-state index contributed by atoms with van der Waals surface area (Å²) in [5.74, 6) is -0.323. The molecule has 4 N–H and O–H groups in total. The number of phenols is 1. The topological polar surface area (TPSA) is 142 Å². The molecule has 3 aromatic rings. The van der Waals surface area contributed by atoms with E-state index in [4.69, 9.17) is 0 Å². The molecule has 1 unspecified atom stereocenters. The van der Waals surface area contributed by atoms with Gasteiger partial charge in [0.1, 0.15) is 11.5 Å². The zero-order valence-electron chi connectivity index (χ0n) is 20.5. The molecule has 206 valence electrons. The fourth-order valence-corrected chi connectivity index (χ4v) is 4.91. The van der Waals surface area contributed by atoms with Crippen molar-refractivity contribution in [2.24, 2.45) is 0 Å². The van der Waals surface area contributed by atoms with Crippen molar-refractivity contribution in [1.29, 1.82) is 0 Å². The molecule has 0 amide bonds. The fraction of sp³-hybridized carbons (Fsp3) is 0.280. The van der Waals surface area contributed by atoms with Crippen molar-refractivity contribution >= 4 is 25.5 Å². The number of anilines is 1. The van der Waals surface area contributed by atoms with E-state index in [9.17, 15) is 35.8 Å². The van der Waals surface area contributed by atoms with Crippen LogP contribution in [0.4, 0.5) is 14.5 Å². The number of sulfone groups is 1. The quantitative estimate of drug-likeness (QED) is 0.243. The molecule has 38 heavy (non-hydrogen) atoms. The van der Waals surface area contributed by atoms with Crippen LogP contribution in [-0.2, 0) is 26.3 Å². The van der Waals surface area contributed by atoms with Gasteiger partial charge in [0.2, 0.25) is 10.0 Å². The summed E-state index contributed by atoms with van der Waals surface area (Å²) in [6.07, 6.45) is 1.30. The molecule has 3 aromatic carbocycles. The van der Waals surface area contributed by atoms with Gasteiger partial charge in [-0.05, 0) is 59.5 Å². The van der Waals surface area contributed by atoms with Crippen molar-refractivity contribution in [1.82, 2.24) is 5.32 Å². The summed E-state index contributed by atoms with van der Waals surface area (Å²) >= 11 is 0. The third kappa shape index (κ3) is 8.65. The summed E-state index contributed by atoms with van der Waals surface area (Å²) in [4.78, 5) is 0.167. The summed E-state index contributed by atoms with van der Waals surface area (Å²) in [5.41, 5.74) is 1.72. The lowest BCUT2D eigenvalue weighted by Gasteiger charge is -2.22. The second kappa shape index (κ2) is 12.1. The Balaban J connectivity index is 1.82. The molecule has 3 rings (SSSR count). The lowest BCUT2D eigenvalue weighted by atomic mass is 9.98. The first-order chi connectivity index (χ1) is 17.7. The van der Waals surface area contributed by atoms with Gasteiger partial charge in [-0.25, -0.2) is 16.8 Å². The maximum absolute atomic E-state index is 12.5. The second-order valence-electron chi connectivity index (χ2n) is 8.70. The first-order valence-corrected chi connectivity index (χ1v) is 15.1. The van der Waals surface area contributed by atoms with Crippen LogP contribution in [0.15, 0.2) is 71.6 Å². The molecule has 0 aliphatic carbocycles. The molecule has 0 saturated carbocycles. The molecule has 9 nitrogen and oxygen atoms in total. The molecule has 13 heteroatoms. The minimum absolute atomic E-state index is 0.00443. The highest BCUT2D eigenvalue weighted by molar-refractivity contribution is 7.92. The monoisotopic (exact) mass is 570 g/mol. The summed E-state index contributed by atoms with van der Waals surface area (Å²) < 4.78 is 78.3. The van der Waals surface area contributed by atoms with Crippen LogP contribution < -0.4 is 14.8 Å². The Hall–Kier alpha value is -3.26. The minimum atomic E-state index is -3.66. The zero-order valence-corrected chi connectivity index (χ0v) is 22.1. The molecular formula is C25H28F2N2O7S2. The van der Waals surface area contributed by atoms with Crippen LogP contribution in [0.5, 0.6) is 11.5 Å². The predicted molar refractivity (Wildman–Crippen MR) is 139 cm³/mol. The van der Waals surface area contributed by atoms with E-state index in [-0.39, 0.29) is 28.6 Å². The third-order valence-electron chi connectivity index (χ3n) is 5.56. The summed E-state index contributed by atoms with van der Waals surface area (Å²) in [5, 5.41) is 23.9. The number of rotatable bonds is 12. The van der Waals surface area contributed by atoms with Gasteiger partial charge >= 0.3 is 6.61 Å². The van der Waals surface area contributed by atoms with E-state index in [1.165, 1.54) is 42.5 Å². The Labute approximate surface area is 220 Å². The van der Waals surface area contributed by atoms with Gasteiger partial charge in [0.15, 0.2) is 9.84 Å². The highest BCUT2D eigenvalue weighted by atomic mass is 32.2. The van der Waals surface area contributed by atoms with Crippen molar-refractivity contribution in [3.8, 4) is 11.5 Å². The van der Waals surface area contributed by atoms with Crippen LogP contribution >= 0.6 is 0 Å². The SMILES string of the molecule is CS(=O)(=O)Nc1cc([C@@H](O)CNC(Cc2ccc(S(C)(=O)=O)cc2)c2ccc(OC(F)F)cc2)ccc1O. The van der Waals surface area contributed by atoms with Gasteiger partial charge in [0.25, 0.3) is 0 Å². The highest BCUT2D eigenvalue weighted by Gasteiger charge is 2.18. The van der Waals surface area contributed by atoms with Crippen LogP contribution in [0.3, 0.4) is 0 Å². The number of aliphatic hydroxyl groups excluding tert-OH is 1. The van der Waals surface area contributed by atoms with Crippen molar-refractivity contribution in [3.05, 3.63) is 83.4 Å². The van der Waals surface area contributed by atoms with Gasteiger partial charge in [-0.3, -0.25) is 4.72 Å². The van der Waals surface area contributed by atoms with Crippen molar-refractivity contribution in [2.45, 2.75) is 30.1 Å². The lowest BCUT2D eigenvalue weighted by Crippen LogP contribution is -2.28. The number of alkyl halides is 2. The first kappa shape index (κ1) is 29.3. The highest BCUT2D eigenvalue weighted by Crippen LogP contribution is 2.29. The van der Waals surface area contributed by atoms with Crippen molar-refractivity contribution in [2.75, 3.05) is 23.8 Å². The lowest BCUT2D eigenvalue weighted by molar-refractivity contribution is -0.0498. The number of aliphatic hydroxyl groups is 1. The maximum Gasteiger partial charge on any atom is 0.387 e. The van der Waals surface area contributed by atoms with E-state index in [1.54, 1.807) is 24.3 Å². The van der Waals surface area contributed by atoms with Gasteiger partial charge in [-0.15, -0.1) is 0 Å². The largest absolute Gasteiger partial charge is 0.506 e. The average Bonchev–Trinajstić information content (AvgIpc) is 2.82. The van der Waals surface area contributed by atoms with E-state index >= 15 is 0 Å². The number of halogens is 2. The Bertz CT molecular complexity index is 1450. The van der Waals surface area contributed by atoms with E-state index < -0.39 is 38.6 Å². The molecule has 0 fully saturated rings. The number of phenolic OH excluding ortho intramolecular Hbond substituents is 1. The maximum atomic E-state index is 12.5. The Morgan fingerprint density at radius 2 is 1.50 bits per heavy atom. The predicted octanol–water partition coefficient (Wildman–Crippen LogP) is 3.38. The van der Waals surface area contributed by atoms with Crippen molar-refractivity contribution in [3.63, 3.8) is 0 Å². The number of hydrogen-bond donors (Lipinski definition) is 4. The number of nitrogens with one attached hydrogen (secondary N) is 2. The first-order valence-electron chi connectivity index (χ1n) is 11.3. The second-order valence-corrected chi connectivity index (χ2v) is 12.5. The van der Waals surface area contributed by atoms with Gasteiger partial charge < -0.3 is 20.3 Å². The Kier molecular flexibility index (Phi) is 9.31.